The Kier molecular flexibility index (Phi) is 4.35. The number of benzene rings is 2. The van der Waals surface area contributed by atoms with Crippen LogP contribution in [0.5, 0.6) is 5.75 Å². The molecule has 0 amide bonds. The third-order valence-electron chi connectivity index (χ3n) is 2.76. The smallest absolute Gasteiger partial charge is 0.167 e. The second-order valence-corrected chi connectivity index (χ2v) is 4.78. The molecule has 2 heteroatoms. The van der Waals surface area contributed by atoms with Crippen LogP contribution in [0.1, 0.15) is 29.8 Å². The molecule has 19 heavy (non-hydrogen) atoms. The number of ether oxygens (including phenoxy) is 1. The molecule has 0 saturated heterocycles. The lowest BCUT2D eigenvalue weighted by Gasteiger charge is -2.09. The summed E-state index contributed by atoms with van der Waals surface area (Å²) in [6.45, 7) is 3.96. The Morgan fingerprint density at radius 2 is 1.63 bits per heavy atom. The molecule has 0 unspecified atom stereocenters. The maximum Gasteiger partial charge on any atom is 0.167 e. The molecule has 0 radical (unpaired) electrons. The van der Waals surface area contributed by atoms with Gasteiger partial charge < -0.3 is 4.74 Å². The number of Topliss-reactive ketones (excluding diaryl/α,β-unsaturated/α-hetero) is 1. The summed E-state index contributed by atoms with van der Waals surface area (Å²) in [6, 6.07) is 17.1. The number of hydrogen-bond acceptors (Lipinski definition) is 2. The van der Waals surface area contributed by atoms with Crippen molar-refractivity contribution in [1.82, 2.24) is 0 Å². The summed E-state index contributed by atoms with van der Waals surface area (Å²) < 4.78 is 5.56. The number of carbonyl (C=O) groups is 1. The van der Waals surface area contributed by atoms with Crippen LogP contribution in [-0.4, -0.2) is 11.9 Å². The minimum Gasteiger partial charge on any atom is -0.491 e. The molecule has 0 N–H and O–H groups in total. The van der Waals surface area contributed by atoms with Crippen molar-refractivity contribution in [2.75, 3.05) is 0 Å². The van der Waals surface area contributed by atoms with Crippen LogP contribution in [0, 0.1) is 0 Å². The summed E-state index contributed by atoms with van der Waals surface area (Å²) in [4.78, 5) is 12.1. The molecule has 2 rings (SSSR count). The molecule has 0 saturated carbocycles. The Balaban J connectivity index is 2.04. The lowest BCUT2D eigenvalue weighted by molar-refractivity contribution is 0.0993. The highest BCUT2D eigenvalue weighted by atomic mass is 16.5. The van der Waals surface area contributed by atoms with E-state index >= 15 is 0 Å². The SMILES string of the molecule is CC(C)Oc1ccc(C(=O)Cc2ccccc2)cc1. The first-order valence-electron chi connectivity index (χ1n) is 6.49. The van der Waals surface area contributed by atoms with Gasteiger partial charge in [0.25, 0.3) is 0 Å². The quantitative estimate of drug-likeness (QED) is 0.756. The fourth-order valence-corrected chi connectivity index (χ4v) is 1.87. The Morgan fingerprint density at radius 3 is 2.21 bits per heavy atom. The second-order valence-electron chi connectivity index (χ2n) is 4.78. The topological polar surface area (TPSA) is 26.3 Å². The minimum atomic E-state index is 0.127. The predicted octanol–water partition coefficient (Wildman–Crippen LogP) is 3.90. The third-order valence-corrected chi connectivity index (χ3v) is 2.76. The van der Waals surface area contributed by atoms with Crippen molar-refractivity contribution >= 4 is 5.78 Å². The molecule has 0 bridgehead atoms. The van der Waals surface area contributed by atoms with Crippen LogP contribution in [0.3, 0.4) is 0 Å². The maximum absolute atomic E-state index is 12.1. The molecule has 2 aromatic rings. The normalized spacial score (nSPS) is 10.5. The van der Waals surface area contributed by atoms with Crippen molar-refractivity contribution in [2.24, 2.45) is 0 Å². The van der Waals surface area contributed by atoms with Gasteiger partial charge in [0, 0.05) is 12.0 Å². The van der Waals surface area contributed by atoms with Crippen LogP contribution in [0.2, 0.25) is 0 Å². The summed E-state index contributed by atoms with van der Waals surface area (Å²) in [5, 5.41) is 0. The molecule has 0 fully saturated rings. The highest BCUT2D eigenvalue weighted by Gasteiger charge is 2.07. The molecule has 98 valence electrons. The van der Waals surface area contributed by atoms with Gasteiger partial charge in [-0.3, -0.25) is 4.79 Å². The van der Waals surface area contributed by atoms with Gasteiger partial charge in [-0.25, -0.2) is 0 Å². The molecule has 0 atom stereocenters. The second kappa shape index (κ2) is 6.19. The van der Waals surface area contributed by atoms with Gasteiger partial charge in [-0.2, -0.15) is 0 Å². The lowest BCUT2D eigenvalue weighted by Crippen LogP contribution is -2.06. The highest BCUT2D eigenvalue weighted by molar-refractivity contribution is 5.97. The third kappa shape index (κ3) is 3.95. The van der Waals surface area contributed by atoms with Gasteiger partial charge in [-0.15, -0.1) is 0 Å². The van der Waals surface area contributed by atoms with Crippen LogP contribution < -0.4 is 4.74 Å². The van der Waals surface area contributed by atoms with E-state index in [0.717, 1.165) is 16.9 Å². The van der Waals surface area contributed by atoms with E-state index in [-0.39, 0.29) is 11.9 Å². The largest absolute Gasteiger partial charge is 0.491 e. The minimum absolute atomic E-state index is 0.127. The van der Waals surface area contributed by atoms with Crippen molar-refractivity contribution in [2.45, 2.75) is 26.4 Å². The fourth-order valence-electron chi connectivity index (χ4n) is 1.87. The van der Waals surface area contributed by atoms with Crippen molar-refractivity contribution in [3.8, 4) is 5.75 Å². The van der Waals surface area contributed by atoms with E-state index in [4.69, 9.17) is 4.74 Å². The summed E-state index contributed by atoms with van der Waals surface area (Å²) in [7, 11) is 0. The van der Waals surface area contributed by atoms with Gasteiger partial charge in [-0.1, -0.05) is 30.3 Å². The number of hydrogen-bond donors (Lipinski definition) is 0. The average Bonchev–Trinajstić information content (AvgIpc) is 2.40. The molecular formula is C17H18O2. The monoisotopic (exact) mass is 254 g/mol. The first-order chi connectivity index (χ1) is 9.15. The molecule has 0 aliphatic carbocycles. The molecule has 0 aliphatic rings. The van der Waals surface area contributed by atoms with E-state index in [1.54, 1.807) is 0 Å². The Labute approximate surface area is 114 Å². The van der Waals surface area contributed by atoms with Crippen LogP contribution in [0.25, 0.3) is 0 Å². The van der Waals surface area contributed by atoms with E-state index in [0.29, 0.717) is 6.42 Å². The van der Waals surface area contributed by atoms with E-state index < -0.39 is 0 Å². The number of rotatable bonds is 5. The van der Waals surface area contributed by atoms with E-state index in [1.165, 1.54) is 0 Å². The van der Waals surface area contributed by atoms with E-state index in [1.807, 2.05) is 68.4 Å². The summed E-state index contributed by atoms with van der Waals surface area (Å²) in [5.41, 5.74) is 1.76. The first kappa shape index (κ1) is 13.3. The van der Waals surface area contributed by atoms with E-state index in [9.17, 15) is 4.79 Å². The summed E-state index contributed by atoms with van der Waals surface area (Å²) in [5.74, 6) is 0.925. The molecule has 2 aromatic carbocycles. The average molecular weight is 254 g/mol. The van der Waals surface area contributed by atoms with Gasteiger partial charge in [-0.05, 0) is 43.7 Å². The zero-order chi connectivity index (χ0) is 13.7. The van der Waals surface area contributed by atoms with Gasteiger partial charge in [0.2, 0.25) is 0 Å². The van der Waals surface area contributed by atoms with Crippen molar-refractivity contribution in [3.05, 3.63) is 65.7 Å². The lowest BCUT2D eigenvalue weighted by atomic mass is 10.0. The summed E-state index contributed by atoms with van der Waals surface area (Å²) in [6.07, 6.45) is 0.580. The fraction of sp³-hybridized carbons (Fsp3) is 0.235. The molecule has 2 nitrogen and oxygen atoms in total. The van der Waals surface area contributed by atoms with E-state index in [2.05, 4.69) is 0 Å². The Morgan fingerprint density at radius 1 is 1.00 bits per heavy atom. The highest BCUT2D eigenvalue weighted by Crippen LogP contribution is 2.15. The molecule has 0 heterocycles. The van der Waals surface area contributed by atoms with Crippen molar-refractivity contribution in [1.29, 1.82) is 0 Å². The van der Waals surface area contributed by atoms with Gasteiger partial charge in [0.15, 0.2) is 5.78 Å². The Bertz CT molecular complexity index is 527. The van der Waals surface area contributed by atoms with Crippen LogP contribution in [0.4, 0.5) is 0 Å². The summed E-state index contributed by atoms with van der Waals surface area (Å²) >= 11 is 0. The van der Waals surface area contributed by atoms with Gasteiger partial charge in [0.1, 0.15) is 5.75 Å². The van der Waals surface area contributed by atoms with Crippen molar-refractivity contribution in [3.63, 3.8) is 0 Å². The number of carbonyl (C=O) groups excluding carboxylic acids is 1. The number of ketones is 1. The molecular weight excluding hydrogens is 236 g/mol. The maximum atomic E-state index is 12.1. The molecule has 0 aromatic heterocycles. The van der Waals surface area contributed by atoms with Crippen LogP contribution >= 0.6 is 0 Å². The zero-order valence-corrected chi connectivity index (χ0v) is 11.3. The standard InChI is InChI=1S/C17H18O2/c1-13(2)19-16-10-8-15(9-11-16)17(18)12-14-6-4-3-5-7-14/h3-11,13H,12H2,1-2H3. The Hall–Kier alpha value is -2.09. The van der Waals surface area contributed by atoms with Gasteiger partial charge in [0.05, 0.1) is 6.10 Å². The van der Waals surface area contributed by atoms with Crippen LogP contribution in [-0.2, 0) is 6.42 Å². The van der Waals surface area contributed by atoms with Crippen LogP contribution in [0.15, 0.2) is 54.6 Å². The first-order valence-corrected chi connectivity index (χ1v) is 6.49. The molecule has 0 spiro atoms. The zero-order valence-electron chi connectivity index (χ0n) is 11.3. The van der Waals surface area contributed by atoms with Gasteiger partial charge >= 0.3 is 0 Å². The predicted molar refractivity (Wildman–Crippen MR) is 76.7 cm³/mol. The van der Waals surface area contributed by atoms with Crippen molar-refractivity contribution < 1.29 is 9.53 Å². The molecule has 0 aliphatic heterocycles.